The molecule has 3 N–H and O–H groups in total. The minimum absolute atomic E-state index is 0.0148. The number of allylic oxidation sites excluding steroid dienone is 2. The van der Waals surface area contributed by atoms with Crippen molar-refractivity contribution in [2.75, 3.05) is 26.4 Å². The van der Waals surface area contributed by atoms with Crippen LogP contribution in [0.2, 0.25) is 0 Å². The molecule has 2 aliphatic heterocycles. The highest BCUT2D eigenvalue weighted by molar-refractivity contribution is 6.00. The van der Waals surface area contributed by atoms with Crippen LogP contribution in [-0.4, -0.2) is 43.5 Å². The average Bonchev–Trinajstić information content (AvgIpc) is 2.93. The topological polar surface area (TPSA) is 87.2 Å². The van der Waals surface area contributed by atoms with E-state index in [9.17, 15) is 4.79 Å². The number of amides is 1. The summed E-state index contributed by atoms with van der Waals surface area (Å²) in [6.07, 6.45) is 4.30. The number of carbonyl (C=O) groups is 1. The molecule has 0 radical (unpaired) electrons. The summed E-state index contributed by atoms with van der Waals surface area (Å²) in [6.45, 7) is 6.21. The standard InChI is InChI=1S/C18H25N3O3/c1-11-14(9-19)24-8-7-23-6-4-3-5-13-10-20-18(22)15-12(2)16(11)21-17(13)15/h9,13,19,21H,3-8,10H2,1-2H3,(H,20,22)/b14-11-,19-9?. The summed E-state index contributed by atoms with van der Waals surface area (Å²) in [5, 5.41) is 10.6. The Morgan fingerprint density at radius 2 is 2.04 bits per heavy atom. The molecule has 0 fully saturated rings. The van der Waals surface area contributed by atoms with Gasteiger partial charge >= 0.3 is 0 Å². The number of aromatic nitrogens is 1. The highest BCUT2D eigenvalue weighted by atomic mass is 16.5. The maximum atomic E-state index is 12.3. The SMILES string of the molecule is C/C1=C(\C=N)OCCOCCCCC2CNC(=O)c3c2[nH]c1c3C. The average molecular weight is 331 g/mol. The Bertz CT molecular complexity index is 675. The van der Waals surface area contributed by atoms with Crippen LogP contribution in [0, 0.1) is 12.3 Å². The van der Waals surface area contributed by atoms with Crippen molar-refractivity contribution in [1.29, 1.82) is 5.41 Å². The molecule has 130 valence electrons. The van der Waals surface area contributed by atoms with Gasteiger partial charge in [-0.2, -0.15) is 0 Å². The first-order valence-electron chi connectivity index (χ1n) is 8.56. The largest absolute Gasteiger partial charge is 0.489 e. The minimum atomic E-state index is -0.0148. The summed E-state index contributed by atoms with van der Waals surface area (Å²) in [5.74, 6) is 0.790. The number of H-pyrrole nitrogens is 1. The number of aromatic amines is 1. The Labute approximate surface area is 142 Å². The van der Waals surface area contributed by atoms with Crippen LogP contribution in [0.15, 0.2) is 5.76 Å². The summed E-state index contributed by atoms with van der Waals surface area (Å²) in [4.78, 5) is 15.8. The quantitative estimate of drug-likeness (QED) is 0.692. The first-order valence-corrected chi connectivity index (χ1v) is 8.56. The Morgan fingerprint density at radius 1 is 1.21 bits per heavy atom. The van der Waals surface area contributed by atoms with Crippen molar-refractivity contribution >= 4 is 17.7 Å². The fourth-order valence-electron chi connectivity index (χ4n) is 3.53. The number of hydrogen-bond donors (Lipinski definition) is 3. The number of ether oxygens (including phenoxy) is 2. The van der Waals surface area contributed by atoms with Crippen LogP contribution in [0.25, 0.3) is 5.57 Å². The third kappa shape index (κ3) is 3.11. The molecule has 1 atom stereocenters. The molecule has 1 unspecified atom stereocenters. The normalized spacial score (nSPS) is 25.4. The van der Waals surface area contributed by atoms with E-state index < -0.39 is 0 Å². The molecule has 1 aromatic heterocycles. The minimum Gasteiger partial charge on any atom is -0.489 e. The van der Waals surface area contributed by atoms with Gasteiger partial charge in [0.2, 0.25) is 0 Å². The van der Waals surface area contributed by atoms with Gasteiger partial charge in [-0.1, -0.05) is 6.42 Å². The van der Waals surface area contributed by atoms with Crippen molar-refractivity contribution in [2.24, 2.45) is 0 Å². The van der Waals surface area contributed by atoms with Gasteiger partial charge < -0.3 is 25.2 Å². The second kappa shape index (κ2) is 7.21. The Kier molecular flexibility index (Phi) is 5.04. The van der Waals surface area contributed by atoms with E-state index in [1.165, 1.54) is 6.21 Å². The summed E-state index contributed by atoms with van der Waals surface area (Å²) in [6, 6.07) is 0. The van der Waals surface area contributed by atoms with Crippen molar-refractivity contribution in [3.05, 3.63) is 28.3 Å². The third-order valence-corrected chi connectivity index (χ3v) is 4.88. The molecule has 6 nitrogen and oxygen atoms in total. The van der Waals surface area contributed by atoms with Gasteiger partial charge in [-0.25, -0.2) is 0 Å². The lowest BCUT2D eigenvalue weighted by Crippen LogP contribution is -2.35. The lowest BCUT2D eigenvalue weighted by atomic mass is 9.91. The van der Waals surface area contributed by atoms with E-state index in [0.717, 1.165) is 47.4 Å². The van der Waals surface area contributed by atoms with Crippen molar-refractivity contribution in [3.8, 4) is 0 Å². The highest BCUT2D eigenvalue weighted by Crippen LogP contribution is 2.34. The summed E-state index contributed by atoms with van der Waals surface area (Å²) in [7, 11) is 0. The van der Waals surface area contributed by atoms with Crippen LogP contribution in [0.5, 0.6) is 0 Å². The number of carbonyl (C=O) groups excluding carboxylic acids is 1. The fraction of sp³-hybridized carbons (Fsp3) is 0.556. The molecule has 1 amide bonds. The monoisotopic (exact) mass is 331 g/mol. The van der Waals surface area contributed by atoms with E-state index in [0.29, 0.717) is 38.0 Å². The van der Waals surface area contributed by atoms with Crippen molar-refractivity contribution in [3.63, 3.8) is 0 Å². The zero-order valence-electron chi connectivity index (χ0n) is 14.3. The molecule has 0 spiro atoms. The van der Waals surface area contributed by atoms with Gasteiger partial charge in [-0.3, -0.25) is 4.79 Å². The maximum absolute atomic E-state index is 12.3. The molecule has 0 aromatic carbocycles. The second-order valence-electron chi connectivity index (χ2n) is 6.41. The second-order valence-corrected chi connectivity index (χ2v) is 6.41. The van der Waals surface area contributed by atoms with Crippen molar-refractivity contribution in [1.82, 2.24) is 10.3 Å². The smallest absolute Gasteiger partial charge is 0.253 e. The predicted octanol–water partition coefficient (Wildman–Crippen LogP) is 2.75. The molecule has 0 saturated carbocycles. The van der Waals surface area contributed by atoms with E-state index in [-0.39, 0.29) is 5.91 Å². The summed E-state index contributed by atoms with van der Waals surface area (Å²) < 4.78 is 11.3. The van der Waals surface area contributed by atoms with Crippen LogP contribution in [0.3, 0.4) is 0 Å². The zero-order valence-corrected chi connectivity index (χ0v) is 14.3. The van der Waals surface area contributed by atoms with Crippen molar-refractivity contribution < 1.29 is 14.3 Å². The molecule has 6 heteroatoms. The number of nitrogens with one attached hydrogen (secondary N) is 3. The van der Waals surface area contributed by atoms with Gasteiger partial charge in [-0.15, -0.1) is 0 Å². The van der Waals surface area contributed by atoms with Gasteiger partial charge in [0.05, 0.1) is 18.4 Å². The number of hydrogen-bond acceptors (Lipinski definition) is 4. The summed E-state index contributed by atoms with van der Waals surface area (Å²) >= 11 is 0. The van der Waals surface area contributed by atoms with Crippen LogP contribution in [0.1, 0.15) is 59.4 Å². The first kappa shape index (κ1) is 16.8. The number of rotatable bonds is 1. The molecule has 2 bridgehead atoms. The van der Waals surface area contributed by atoms with Crippen molar-refractivity contribution in [2.45, 2.75) is 39.0 Å². The molecule has 2 aliphatic rings. The lowest BCUT2D eigenvalue weighted by molar-refractivity contribution is 0.0784. The van der Waals surface area contributed by atoms with Gasteiger partial charge in [0.15, 0.2) is 0 Å². The Balaban J connectivity index is 2.07. The first-order chi connectivity index (χ1) is 11.6. The lowest BCUT2D eigenvalue weighted by Gasteiger charge is -2.23. The van der Waals surface area contributed by atoms with E-state index in [1.54, 1.807) is 0 Å². The van der Waals surface area contributed by atoms with Crippen LogP contribution < -0.4 is 5.32 Å². The third-order valence-electron chi connectivity index (χ3n) is 4.88. The van der Waals surface area contributed by atoms with Gasteiger partial charge in [0, 0.05) is 36.0 Å². The highest BCUT2D eigenvalue weighted by Gasteiger charge is 2.31. The molecular weight excluding hydrogens is 306 g/mol. The predicted molar refractivity (Wildman–Crippen MR) is 92.6 cm³/mol. The zero-order chi connectivity index (χ0) is 17.1. The Morgan fingerprint density at radius 3 is 2.83 bits per heavy atom. The maximum Gasteiger partial charge on any atom is 0.253 e. The van der Waals surface area contributed by atoms with E-state index >= 15 is 0 Å². The van der Waals surface area contributed by atoms with Crippen LogP contribution in [-0.2, 0) is 9.47 Å². The van der Waals surface area contributed by atoms with Crippen LogP contribution in [0.4, 0.5) is 0 Å². The van der Waals surface area contributed by atoms with Crippen LogP contribution >= 0.6 is 0 Å². The number of fused-ring (bicyclic) bond motifs is 1. The Hall–Kier alpha value is -2.08. The molecule has 1 aromatic rings. The molecule has 0 saturated heterocycles. The van der Waals surface area contributed by atoms with E-state index in [4.69, 9.17) is 14.9 Å². The van der Waals surface area contributed by atoms with E-state index in [1.807, 2.05) is 13.8 Å². The molecule has 3 rings (SSSR count). The molecule has 3 heterocycles. The fourth-order valence-corrected chi connectivity index (χ4v) is 3.53. The van der Waals surface area contributed by atoms with Gasteiger partial charge in [-0.05, 0) is 32.3 Å². The van der Waals surface area contributed by atoms with Gasteiger partial charge in [0.25, 0.3) is 5.91 Å². The van der Waals surface area contributed by atoms with Gasteiger partial charge in [0.1, 0.15) is 12.4 Å². The van der Waals surface area contributed by atoms with E-state index in [2.05, 4.69) is 10.3 Å². The molecular formula is C18H25N3O3. The molecule has 0 aliphatic carbocycles. The molecule has 24 heavy (non-hydrogen) atoms. The summed E-state index contributed by atoms with van der Waals surface area (Å²) in [5.41, 5.74) is 4.45.